The Bertz CT molecular complexity index is 425. The van der Waals surface area contributed by atoms with E-state index in [0.29, 0.717) is 18.2 Å². The van der Waals surface area contributed by atoms with Gasteiger partial charge < -0.3 is 10.4 Å². The molecule has 2 aromatic rings. The van der Waals surface area contributed by atoms with Crippen molar-refractivity contribution in [3.05, 3.63) is 22.4 Å². The molecule has 0 radical (unpaired) electrons. The van der Waals surface area contributed by atoms with Gasteiger partial charge in [0.1, 0.15) is 0 Å². The van der Waals surface area contributed by atoms with E-state index in [4.69, 9.17) is 16.7 Å². The summed E-state index contributed by atoms with van der Waals surface area (Å²) in [5.74, 6) is 0. The molecule has 0 bridgehead atoms. The molecule has 0 fully saturated rings. The largest absolute Gasteiger partial charge is 0.395 e. The quantitative estimate of drug-likeness (QED) is 0.776. The SMILES string of the molecule is OCCNCc1c(Cl)nc2sccn12. The smallest absolute Gasteiger partial charge is 0.195 e. The zero-order chi connectivity index (χ0) is 9.97. The number of rotatable bonds is 4. The maximum atomic E-state index is 8.62. The fourth-order valence-electron chi connectivity index (χ4n) is 1.25. The molecule has 0 spiro atoms. The number of nitrogens with zero attached hydrogens (tertiary/aromatic N) is 2. The summed E-state index contributed by atoms with van der Waals surface area (Å²) < 4.78 is 1.96. The van der Waals surface area contributed by atoms with E-state index in [1.807, 2.05) is 16.0 Å². The standard InChI is InChI=1S/C8H10ClN3OS/c9-7-6(5-10-1-3-13)12-2-4-14-8(12)11-7/h2,4,10,13H,1,3,5H2. The lowest BCUT2D eigenvalue weighted by Gasteiger charge is -2.01. The first-order chi connectivity index (χ1) is 6.83. The Hall–Kier alpha value is -0.620. The third-order valence-electron chi connectivity index (χ3n) is 1.89. The van der Waals surface area contributed by atoms with Crippen LogP contribution in [-0.4, -0.2) is 27.6 Å². The van der Waals surface area contributed by atoms with Gasteiger partial charge in [-0.25, -0.2) is 4.98 Å². The van der Waals surface area contributed by atoms with Gasteiger partial charge in [-0.15, -0.1) is 11.3 Å². The van der Waals surface area contributed by atoms with E-state index < -0.39 is 0 Å². The predicted octanol–water partition coefficient (Wildman–Crippen LogP) is 1.13. The normalized spacial score (nSPS) is 11.3. The Morgan fingerprint density at radius 3 is 3.29 bits per heavy atom. The zero-order valence-electron chi connectivity index (χ0n) is 7.40. The molecule has 4 nitrogen and oxygen atoms in total. The van der Waals surface area contributed by atoms with Gasteiger partial charge in [0.2, 0.25) is 0 Å². The van der Waals surface area contributed by atoms with Crippen LogP contribution >= 0.6 is 22.9 Å². The molecule has 0 unspecified atom stereocenters. The Balaban J connectivity index is 2.21. The van der Waals surface area contributed by atoms with Crippen molar-refractivity contribution >= 4 is 27.9 Å². The fourth-order valence-corrected chi connectivity index (χ4v) is 2.27. The summed E-state index contributed by atoms with van der Waals surface area (Å²) in [4.78, 5) is 5.10. The monoisotopic (exact) mass is 231 g/mol. The van der Waals surface area contributed by atoms with Crippen LogP contribution in [0.1, 0.15) is 5.69 Å². The first-order valence-corrected chi connectivity index (χ1v) is 5.50. The first kappa shape index (κ1) is 9.92. The van der Waals surface area contributed by atoms with Gasteiger partial charge >= 0.3 is 0 Å². The van der Waals surface area contributed by atoms with Crippen molar-refractivity contribution in [3.8, 4) is 0 Å². The molecule has 14 heavy (non-hydrogen) atoms. The van der Waals surface area contributed by atoms with Crippen molar-refractivity contribution in [2.45, 2.75) is 6.54 Å². The fraction of sp³-hybridized carbons (Fsp3) is 0.375. The molecule has 0 aliphatic heterocycles. The van der Waals surface area contributed by atoms with Crippen molar-refractivity contribution in [3.63, 3.8) is 0 Å². The molecule has 2 aromatic heterocycles. The van der Waals surface area contributed by atoms with Gasteiger partial charge in [-0.3, -0.25) is 4.40 Å². The van der Waals surface area contributed by atoms with Crippen molar-refractivity contribution in [2.75, 3.05) is 13.2 Å². The van der Waals surface area contributed by atoms with Crippen molar-refractivity contribution < 1.29 is 5.11 Å². The molecular formula is C8H10ClN3OS. The van der Waals surface area contributed by atoms with Gasteiger partial charge in [0, 0.05) is 24.7 Å². The van der Waals surface area contributed by atoms with Crippen LogP contribution in [0.3, 0.4) is 0 Å². The summed E-state index contributed by atoms with van der Waals surface area (Å²) in [6.45, 7) is 1.31. The average molecular weight is 232 g/mol. The van der Waals surface area contributed by atoms with E-state index in [9.17, 15) is 0 Å². The minimum atomic E-state index is 0.128. The minimum absolute atomic E-state index is 0.128. The van der Waals surface area contributed by atoms with Crippen LogP contribution in [0.5, 0.6) is 0 Å². The van der Waals surface area contributed by atoms with Crippen molar-refractivity contribution in [2.24, 2.45) is 0 Å². The van der Waals surface area contributed by atoms with Gasteiger partial charge in [0.25, 0.3) is 0 Å². The summed E-state index contributed by atoms with van der Waals surface area (Å²) in [6.07, 6.45) is 1.94. The number of thiazole rings is 1. The minimum Gasteiger partial charge on any atom is -0.395 e. The molecular weight excluding hydrogens is 222 g/mol. The highest BCUT2D eigenvalue weighted by Crippen LogP contribution is 2.20. The Kier molecular flexibility index (Phi) is 3.02. The molecule has 2 N–H and O–H groups in total. The molecule has 0 saturated carbocycles. The Morgan fingerprint density at radius 2 is 2.50 bits per heavy atom. The molecule has 0 atom stereocenters. The number of nitrogens with one attached hydrogen (secondary N) is 1. The molecule has 0 aromatic carbocycles. The highest BCUT2D eigenvalue weighted by molar-refractivity contribution is 7.15. The predicted molar refractivity (Wildman–Crippen MR) is 56.9 cm³/mol. The Morgan fingerprint density at radius 1 is 1.64 bits per heavy atom. The maximum absolute atomic E-state index is 8.62. The van der Waals surface area contributed by atoms with E-state index in [-0.39, 0.29) is 6.61 Å². The molecule has 2 heterocycles. The van der Waals surface area contributed by atoms with Gasteiger partial charge in [-0.2, -0.15) is 0 Å². The topological polar surface area (TPSA) is 49.6 Å². The summed E-state index contributed by atoms with van der Waals surface area (Å²) >= 11 is 7.51. The number of hydrogen-bond donors (Lipinski definition) is 2. The number of halogens is 1. The lowest BCUT2D eigenvalue weighted by Crippen LogP contribution is -2.18. The van der Waals surface area contributed by atoms with Crippen LogP contribution in [0.15, 0.2) is 11.6 Å². The summed E-state index contributed by atoms with van der Waals surface area (Å²) in [6, 6.07) is 0. The molecule has 0 aliphatic rings. The molecule has 2 rings (SSSR count). The van der Waals surface area contributed by atoms with Crippen LogP contribution in [0.25, 0.3) is 4.96 Å². The second-order valence-corrected chi connectivity index (χ2v) is 4.04. The van der Waals surface area contributed by atoms with Gasteiger partial charge in [-0.1, -0.05) is 11.6 Å². The van der Waals surface area contributed by atoms with E-state index in [2.05, 4.69) is 10.3 Å². The second-order valence-electron chi connectivity index (χ2n) is 2.81. The van der Waals surface area contributed by atoms with Crippen molar-refractivity contribution in [1.29, 1.82) is 0 Å². The molecule has 0 saturated heterocycles. The van der Waals surface area contributed by atoms with Crippen LogP contribution < -0.4 is 5.32 Å². The average Bonchev–Trinajstić information content (AvgIpc) is 2.69. The van der Waals surface area contributed by atoms with Gasteiger partial charge in [0.05, 0.1) is 12.3 Å². The number of aliphatic hydroxyl groups excluding tert-OH is 1. The lowest BCUT2D eigenvalue weighted by atomic mass is 10.4. The van der Waals surface area contributed by atoms with Crippen molar-refractivity contribution in [1.82, 2.24) is 14.7 Å². The molecule has 0 amide bonds. The summed E-state index contributed by atoms with van der Waals surface area (Å²) in [5.41, 5.74) is 0.941. The molecule has 76 valence electrons. The van der Waals surface area contributed by atoms with E-state index in [0.717, 1.165) is 10.7 Å². The zero-order valence-corrected chi connectivity index (χ0v) is 8.98. The van der Waals surface area contributed by atoms with Gasteiger partial charge in [0.15, 0.2) is 10.1 Å². The number of fused-ring (bicyclic) bond motifs is 1. The summed E-state index contributed by atoms with van der Waals surface area (Å²) in [7, 11) is 0. The Labute approximate surface area is 90.2 Å². The highest BCUT2D eigenvalue weighted by atomic mass is 35.5. The second kappa shape index (κ2) is 4.27. The number of aliphatic hydroxyl groups is 1. The molecule has 0 aliphatic carbocycles. The molecule has 6 heteroatoms. The first-order valence-electron chi connectivity index (χ1n) is 4.24. The van der Waals surface area contributed by atoms with Crippen LogP contribution in [0.4, 0.5) is 0 Å². The number of imidazole rings is 1. The van der Waals surface area contributed by atoms with Crippen LogP contribution in [0.2, 0.25) is 5.15 Å². The third kappa shape index (κ3) is 1.76. The van der Waals surface area contributed by atoms with Crippen LogP contribution in [0, 0.1) is 0 Å². The van der Waals surface area contributed by atoms with E-state index in [1.54, 1.807) is 11.3 Å². The lowest BCUT2D eigenvalue weighted by molar-refractivity contribution is 0.291. The maximum Gasteiger partial charge on any atom is 0.195 e. The van der Waals surface area contributed by atoms with Gasteiger partial charge in [-0.05, 0) is 0 Å². The number of aromatic nitrogens is 2. The highest BCUT2D eigenvalue weighted by Gasteiger charge is 2.09. The van der Waals surface area contributed by atoms with E-state index in [1.165, 1.54) is 0 Å². The third-order valence-corrected chi connectivity index (χ3v) is 2.95. The van der Waals surface area contributed by atoms with Crippen LogP contribution in [-0.2, 0) is 6.54 Å². The van der Waals surface area contributed by atoms with E-state index >= 15 is 0 Å². The number of hydrogen-bond acceptors (Lipinski definition) is 4. The summed E-state index contributed by atoms with van der Waals surface area (Å²) in [5, 5.41) is 14.2.